The molecule has 2 aromatic rings. The molecule has 1 amide bonds. The fraction of sp³-hybridized carbons (Fsp3) is 0.182. The molecule has 88 valence electrons. The molecule has 2 rings (SSSR count). The molecule has 5 nitrogen and oxygen atoms in total. The number of nitrogens with two attached hydrogens (primary N) is 1. The second-order valence-corrected chi connectivity index (χ2v) is 4.43. The summed E-state index contributed by atoms with van der Waals surface area (Å²) in [6.07, 6.45) is 0. The zero-order valence-electron chi connectivity index (χ0n) is 9.30. The third-order valence-corrected chi connectivity index (χ3v) is 3.19. The van der Waals surface area contributed by atoms with E-state index in [-0.39, 0.29) is 5.91 Å². The Morgan fingerprint density at radius 1 is 1.53 bits per heavy atom. The van der Waals surface area contributed by atoms with Crippen LogP contribution in [0, 0.1) is 6.92 Å². The quantitative estimate of drug-likeness (QED) is 0.859. The number of hydrogen-bond acceptors (Lipinski definition) is 5. The van der Waals surface area contributed by atoms with Crippen molar-refractivity contribution >= 4 is 23.1 Å². The Bertz CT molecular complexity index is 538. The van der Waals surface area contributed by atoms with Crippen LogP contribution in [-0.2, 0) is 6.54 Å². The highest BCUT2D eigenvalue weighted by Crippen LogP contribution is 2.11. The lowest BCUT2D eigenvalue weighted by molar-refractivity contribution is 0.0946. The fourth-order valence-corrected chi connectivity index (χ4v) is 2.04. The minimum Gasteiger partial charge on any atom is -0.384 e. The zero-order chi connectivity index (χ0) is 12.3. The van der Waals surface area contributed by atoms with Crippen LogP contribution in [0.2, 0.25) is 0 Å². The van der Waals surface area contributed by atoms with Gasteiger partial charge in [-0.15, -0.1) is 11.3 Å². The van der Waals surface area contributed by atoms with E-state index >= 15 is 0 Å². The van der Waals surface area contributed by atoms with Gasteiger partial charge in [-0.3, -0.25) is 4.79 Å². The molecule has 0 bridgehead atoms. The van der Waals surface area contributed by atoms with E-state index in [1.807, 2.05) is 6.92 Å². The Labute approximate surface area is 103 Å². The maximum absolute atomic E-state index is 11.8. The third kappa shape index (κ3) is 2.79. The third-order valence-electron chi connectivity index (χ3n) is 2.26. The molecule has 6 heteroatoms. The normalized spacial score (nSPS) is 10.2. The number of aromatic nitrogens is 2. The molecule has 0 unspecified atom stereocenters. The number of thiazole rings is 1. The first-order valence-corrected chi connectivity index (χ1v) is 5.94. The summed E-state index contributed by atoms with van der Waals surface area (Å²) in [5.41, 5.74) is 8.54. The van der Waals surface area contributed by atoms with Crippen molar-refractivity contribution in [2.24, 2.45) is 0 Å². The van der Waals surface area contributed by atoms with E-state index in [1.165, 1.54) is 11.3 Å². The Hall–Kier alpha value is -1.95. The first kappa shape index (κ1) is 11.5. The van der Waals surface area contributed by atoms with Gasteiger partial charge >= 0.3 is 0 Å². The van der Waals surface area contributed by atoms with Crippen LogP contribution in [0.1, 0.15) is 21.1 Å². The number of carbonyl (C=O) groups excluding carboxylic acids is 1. The number of anilines is 1. The summed E-state index contributed by atoms with van der Waals surface area (Å²) in [6, 6.07) is 4.98. The number of carbonyl (C=O) groups is 1. The van der Waals surface area contributed by atoms with E-state index in [9.17, 15) is 4.79 Å². The van der Waals surface area contributed by atoms with Gasteiger partial charge in [0.25, 0.3) is 5.91 Å². The van der Waals surface area contributed by atoms with Crippen LogP contribution in [0.3, 0.4) is 0 Å². The Morgan fingerprint density at radius 2 is 2.35 bits per heavy atom. The molecule has 0 saturated heterocycles. The molecule has 2 heterocycles. The molecule has 0 fully saturated rings. The Kier molecular flexibility index (Phi) is 3.34. The van der Waals surface area contributed by atoms with E-state index in [0.717, 1.165) is 10.6 Å². The molecule has 0 atom stereocenters. The molecular weight excluding hydrogens is 236 g/mol. The van der Waals surface area contributed by atoms with Crippen molar-refractivity contribution in [2.45, 2.75) is 13.5 Å². The standard InChI is InChI=1S/C11H12N4OS/c1-7-9(17-6-14-7)5-13-11(16)8-3-2-4-10(12)15-8/h2-4,6H,5H2,1H3,(H2,12,15)(H,13,16). The van der Waals surface area contributed by atoms with E-state index in [4.69, 9.17) is 5.73 Å². The number of aryl methyl sites for hydroxylation is 1. The predicted octanol–water partition coefficient (Wildman–Crippen LogP) is 1.36. The van der Waals surface area contributed by atoms with E-state index < -0.39 is 0 Å². The first-order valence-electron chi connectivity index (χ1n) is 5.06. The second-order valence-electron chi connectivity index (χ2n) is 3.49. The van der Waals surface area contributed by atoms with E-state index in [0.29, 0.717) is 18.1 Å². The average Bonchev–Trinajstić information content (AvgIpc) is 2.72. The lowest BCUT2D eigenvalue weighted by Crippen LogP contribution is -2.23. The van der Waals surface area contributed by atoms with Crippen molar-refractivity contribution < 1.29 is 4.79 Å². The monoisotopic (exact) mass is 248 g/mol. The molecule has 2 aromatic heterocycles. The van der Waals surface area contributed by atoms with Crippen LogP contribution >= 0.6 is 11.3 Å². The second kappa shape index (κ2) is 4.92. The molecule has 0 radical (unpaired) electrons. The zero-order valence-corrected chi connectivity index (χ0v) is 10.1. The van der Waals surface area contributed by atoms with Crippen molar-refractivity contribution in [2.75, 3.05) is 5.73 Å². The summed E-state index contributed by atoms with van der Waals surface area (Å²) in [5.74, 6) is 0.108. The average molecular weight is 248 g/mol. The summed E-state index contributed by atoms with van der Waals surface area (Å²) in [5, 5.41) is 2.78. The number of amides is 1. The molecule has 0 aliphatic carbocycles. The van der Waals surface area contributed by atoms with Crippen LogP contribution in [-0.4, -0.2) is 15.9 Å². The predicted molar refractivity (Wildman–Crippen MR) is 66.7 cm³/mol. The van der Waals surface area contributed by atoms with Crippen molar-refractivity contribution in [1.29, 1.82) is 0 Å². The summed E-state index contributed by atoms with van der Waals surface area (Å²) in [7, 11) is 0. The first-order chi connectivity index (χ1) is 8.16. The maximum atomic E-state index is 11.8. The fourth-order valence-electron chi connectivity index (χ4n) is 1.32. The van der Waals surface area contributed by atoms with Gasteiger partial charge in [0.2, 0.25) is 0 Å². The maximum Gasteiger partial charge on any atom is 0.270 e. The lowest BCUT2D eigenvalue weighted by Gasteiger charge is -2.04. The number of nitrogens with one attached hydrogen (secondary N) is 1. The van der Waals surface area contributed by atoms with Gasteiger partial charge in [-0.1, -0.05) is 6.07 Å². The number of pyridine rings is 1. The lowest BCUT2D eigenvalue weighted by atomic mass is 10.3. The van der Waals surface area contributed by atoms with Gasteiger partial charge in [0.05, 0.1) is 17.7 Å². The molecule has 17 heavy (non-hydrogen) atoms. The minimum absolute atomic E-state index is 0.231. The van der Waals surface area contributed by atoms with Crippen LogP contribution in [0.15, 0.2) is 23.7 Å². The number of nitrogens with zero attached hydrogens (tertiary/aromatic N) is 2. The van der Waals surface area contributed by atoms with Gasteiger partial charge in [0.15, 0.2) is 0 Å². The smallest absolute Gasteiger partial charge is 0.270 e. The van der Waals surface area contributed by atoms with Gasteiger partial charge in [-0.2, -0.15) is 0 Å². The van der Waals surface area contributed by atoms with Gasteiger partial charge in [-0.25, -0.2) is 9.97 Å². The number of hydrogen-bond donors (Lipinski definition) is 2. The van der Waals surface area contributed by atoms with Crippen LogP contribution < -0.4 is 11.1 Å². The largest absolute Gasteiger partial charge is 0.384 e. The molecule has 0 saturated carbocycles. The molecule has 0 aromatic carbocycles. The summed E-state index contributed by atoms with van der Waals surface area (Å²) in [6.45, 7) is 2.38. The van der Waals surface area contributed by atoms with Crippen molar-refractivity contribution in [3.05, 3.63) is 40.0 Å². The summed E-state index contributed by atoms with van der Waals surface area (Å²) in [4.78, 5) is 20.9. The van der Waals surface area contributed by atoms with E-state index in [2.05, 4.69) is 15.3 Å². The molecule has 0 aliphatic rings. The van der Waals surface area contributed by atoms with Gasteiger partial charge in [0.1, 0.15) is 11.5 Å². The van der Waals surface area contributed by atoms with Crippen LogP contribution in [0.5, 0.6) is 0 Å². The molecule has 0 aliphatic heterocycles. The highest BCUT2D eigenvalue weighted by atomic mass is 32.1. The molecular formula is C11H12N4OS. The summed E-state index contributed by atoms with van der Waals surface area (Å²) < 4.78 is 0. The molecule has 3 N–H and O–H groups in total. The van der Waals surface area contributed by atoms with Gasteiger partial charge in [-0.05, 0) is 19.1 Å². The summed E-state index contributed by atoms with van der Waals surface area (Å²) >= 11 is 1.52. The van der Waals surface area contributed by atoms with Gasteiger partial charge < -0.3 is 11.1 Å². The van der Waals surface area contributed by atoms with Crippen molar-refractivity contribution in [1.82, 2.24) is 15.3 Å². The molecule has 0 spiro atoms. The van der Waals surface area contributed by atoms with Crippen molar-refractivity contribution in [3.8, 4) is 0 Å². The van der Waals surface area contributed by atoms with Crippen LogP contribution in [0.25, 0.3) is 0 Å². The number of nitrogen functional groups attached to an aromatic ring is 1. The van der Waals surface area contributed by atoms with E-state index in [1.54, 1.807) is 23.7 Å². The van der Waals surface area contributed by atoms with Crippen LogP contribution in [0.4, 0.5) is 5.82 Å². The Balaban J connectivity index is 2.01. The topological polar surface area (TPSA) is 80.9 Å². The highest BCUT2D eigenvalue weighted by molar-refractivity contribution is 7.09. The number of rotatable bonds is 3. The minimum atomic E-state index is -0.231. The van der Waals surface area contributed by atoms with Gasteiger partial charge in [0, 0.05) is 4.88 Å². The van der Waals surface area contributed by atoms with Crippen molar-refractivity contribution in [3.63, 3.8) is 0 Å². The SMILES string of the molecule is Cc1ncsc1CNC(=O)c1cccc(N)n1. The Morgan fingerprint density at radius 3 is 3.00 bits per heavy atom. The highest BCUT2D eigenvalue weighted by Gasteiger charge is 2.08.